The van der Waals surface area contributed by atoms with Crippen molar-refractivity contribution in [3.05, 3.63) is 66.1 Å². The lowest BCUT2D eigenvalue weighted by Crippen LogP contribution is -2.15. The molecular formula is C22H21N5O2S. The van der Waals surface area contributed by atoms with E-state index in [4.69, 9.17) is 4.74 Å². The number of thioether (sulfide) groups is 1. The van der Waals surface area contributed by atoms with Crippen LogP contribution in [-0.4, -0.2) is 38.5 Å². The molecule has 30 heavy (non-hydrogen) atoms. The molecule has 0 aliphatic rings. The second-order valence-electron chi connectivity index (χ2n) is 6.85. The Morgan fingerprint density at radius 3 is 2.63 bits per heavy atom. The highest BCUT2D eigenvalue weighted by atomic mass is 32.2. The molecule has 0 bridgehead atoms. The Morgan fingerprint density at radius 1 is 1.10 bits per heavy atom. The predicted octanol–water partition coefficient (Wildman–Crippen LogP) is 4.17. The molecule has 0 saturated heterocycles. The van der Waals surface area contributed by atoms with Gasteiger partial charge in [0.2, 0.25) is 5.91 Å². The fourth-order valence-electron chi connectivity index (χ4n) is 3.05. The van der Waals surface area contributed by atoms with E-state index in [1.807, 2.05) is 56.3 Å². The molecule has 1 N–H and O–H groups in total. The molecule has 0 fully saturated rings. The Balaban J connectivity index is 1.51. The highest BCUT2D eigenvalue weighted by Crippen LogP contribution is 2.28. The molecule has 1 amide bonds. The molecule has 4 aromatic rings. The number of benzene rings is 2. The molecule has 0 aliphatic carbocycles. The molecule has 2 heterocycles. The summed E-state index contributed by atoms with van der Waals surface area (Å²) >= 11 is 1.35. The molecule has 0 radical (unpaired) electrons. The predicted molar refractivity (Wildman–Crippen MR) is 118 cm³/mol. The van der Waals surface area contributed by atoms with Gasteiger partial charge in [0.25, 0.3) is 0 Å². The van der Waals surface area contributed by atoms with Gasteiger partial charge in [-0.2, -0.15) is 5.10 Å². The lowest BCUT2D eigenvalue weighted by atomic mass is 10.2. The largest absolute Gasteiger partial charge is 0.495 e. The second-order valence-corrected chi connectivity index (χ2v) is 7.81. The topological polar surface area (TPSA) is 81.9 Å². The van der Waals surface area contributed by atoms with Crippen LogP contribution in [0.4, 0.5) is 5.69 Å². The van der Waals surface area contributed by atoms with Crippen molar-refractivity contribution in [3.8, 4) is 11.4 Å². The van der Waals surface area contributed by atoms with Crippen molar-refractivity contribution >= 4 is 34.4 Å². The molecule has 4 rings (SSSR count). The Bertz CT molecular complexity index is 1200. The maximum absolute atomic E-state index is 12.5. The van der Waals surface area contributed by atoms with Crippen molar-refractivity contribution in [2.75, 3.05) is 18.2 Å². The fraction of sp³-hybridized carbons (Fsp3) is 0.182. The van der Waals surface area contributed by atoms with E-state index in [9.17, 15) is 4.79 Å². The lowest BCUT2D eigenvalue weighted by Gasteiger charge is -2.11. The number of aromatic nitrogens is 4. The number of nitrogens with one attached hydrogen (secondary N) is 1. The van der Waals surface area contributed by atoms with Crippen LogP contribution in [0.5, 0.6) is 5.75 Å². The standard InChI is InChI=1S/C22H21N5O2S/c1-14-4-7-16(8-5-14)27-21-17(11-25-27)22(24-13-23-21)30-12-20(28)26-18-10-15(2)6-9-19(18)29-3/h4-11,13H,12H2,1-3H3,(H,26,28). The third-order valence-electron chi connectivity index (χ3n) is 4.58. The summed E-state index contributed by atoms with van der Waals surface area (Å²) in [7, 11) is 1.58. The molecule has 0 saturated carbocycles. The van der Waals surface area contributed by atoms with E-state index in [1.165, 1.54) is 23.7 Å². The molecule has 0 spiro atoms. The summed E-state index contributed by atoms with van der Waals surface area (Å²) in [6.07, 6.45) is 3.23. The van der Waals surface area contributed by atoms with Gasteiger partial charge in [0, 0.05) is 0 Å². The number of fused-ring (bicyclic) bond motifs is 1. The van der Waals surface area contributed by atoms with Gasteiger partial charge in [-0.05, 0) is 43.7 Å². The molecule has 0 aliphatic heterocycles. The first-order chi connectivity index (χ1) is 14.5. The zero-order valence-electron chi connectivity index (χ0n) is 16.9. The summed E-state index contributed by atoms with van der Waals surface area (Å²) in [6.45, 7) is 4.01. The Kier molecular flexibility index (Phi) is 5.67. The van der Waals surface area contributed by atoms with Crippen molar-refractivity contribution in [2.45, 2.75) is 18.9 Å². The molecule has 8 heteroatoms. The Labute approximate surface area is 178 Å². The fourth-order valence-corrected chi connectivity index (χ4v) is 3.81. The average molecular weight is 420 g/mol. The number of ether oxygens (including phenoxy) is 1. The van der Waals surface area contributed by atoms with E-state index >= 15 is 0 Å². The van der Waals surface area contributed by atoms with E-state index in [-0.39, 0.29) is 11.7 Å². The minimum absolute atomic E-state index is 0.137. The normalized spacial score (nSPS) is 10.9. The number of hydrogen-bond acceptors (Lipinski definition) is 6. The number of amides is 1. The van der Waals surface area contributed by atoms with E-state index in [1.54, 1.807) is 18.0 Å². The van der Waals surface area contributed by atoms with Crippen LogP contribution in [0.3, 0.4) is 0 Å². The van der Waals surface area contributed by atoms with Crippen LogP contribution < -0.4 is 10.1 Å². The number of nitrogens with zero attached hydrogens (tertiary/aromatic N) is 4. The third kappa shape index (κ3) is 4.13. The summed E-state index contributed by atoms with van der Waals surface area (Å²) < 4.78 is 7.10. The van der Waals surface area contributed by atoms with Gasteiger partial charge in [-0.25, -0.2) is 14.6 Å². The van der Waals surface area contributed by atoms with Crippen LogP contribution >= 0.6 is 11.8 Å². The van der Waals surface area contributed by atoms with Gasteiger partial charge in [-0.3, -0.25) is 4.79 Å². The lowest BCUT2D eigenvalue weighted by molar-refractivity contribution is -0.113. The SMILES string of the molecule is COc1ccc(C)cc1NC(=O)CSc1ncnc2c1cnn2-c1ccc(C)cc1. The number of methoxy groups -OCH3 is 1. The maximum atomic E-state index is 12.5. The van der Waals surface area contributed by atoms with Crippen LogP contribution in [0.2, 0.25) is 0 Å². The number of aryl methyl sites for hydroxylation is 2. The number of hydrogen-bond donors (Lipinski definition) is 1. The first-order valence-electron chi connectivity index (χ1n) is 9.38. The van der Waals surface area contributed by atoms with Crippen molar-refractivity contribution in [3.63, 3.8) is 0 Å². The minimum atomic E-state index is -0.137. The monoisotopic (exact) mass is 419 g/mol. The van der Waals surface area contributed by atoms with Gasteiger partial charge < -0.3 is 10.1 Å². The van der Waals surface area contributed by atoms with Crippen LogP contribution in [0, 0.1) is 13.8 Å². The molecule has 152 valence electrons. The number of anilines is 1. The second kappa shape index (κ2) is 8.54. The third-order valence-corrected chi connectivity index (χ3v) is 5.58. The smallest absolute Gasteiger partial charge is 0.234 e. The van der Waals surface area contributed by atoms with Gasteiger partial charge in [-0.1, -0.05) is 35.5 Å². The molecule has 0 atom stereocenters. The summed E-state index contributed by atoms with van der Waals surface area (Å²) in [6, 6.07) is 13.7. The maximum Gasteiger partial charge on any atom is 0.234 e. The van der Waals surface area contributed by atoms with Gasteiger partial charge in [0.05, 0.1) is 35.8 Å². The summed E-state index contributed by atoms with van der Waals surface area (Å²) in [4.78, 5) is 21.2. The van der Waals surface area contributed by atoms with Gasteiger partial charge in [0.15, 0.2) is 5.65 Å². The number of rotatable bonds is 6. The van der Waals surface area contributed by atoms with Crippen LogP contribution in [-0.2, 0) is 4.79 Å². The van der Waals surface area contributed by atoms with Crippen molar-refractivity contribution in [1.29, 1.82) is 0 Å². The molecule has 2 aromatic carbocycles. The molecular weight excluding hydrogens is 398 g/mol. The number of carbonyl (C=O) groups excluding carboxylic acids is 1. The van der Waals surface area contributed by atoms with Gasteiger partial charge >= 0.3 is 0 Å². The summed E-state index contributed by atoms with van der Waals surface area (Å²) in [5.41, 5.74) is 4.51. The van der Waals surface area contributed by atoms with Gasteiger partial charge in [0.1, 0.15) is 17.1 Å². The average Bonchev–Trinajstić information content (AvgIpc) is 3.18. The van der Waals surface area contributed by atoms with E-state index in [0.717, 1.165) is 16.6 Å². The van der Waals surface area contributed by atoms with Crippen molar-refractivity contribution in [1.82, 2.24) is 19.7 Å². The zero-order valence-corrected chi connectivity index (χ0v) is 17.7. The summed E-state index contributed by atoms with van der Waals surface area (Å²) in [5.74, 6) is 0.697. The quantitative estimate of drug-likeness (QED) is 0.373. The van der Waals surface area contributed by atoms with Crippen LogP contribution in [0.15, 0.2) is 60.0 Å². The van der Waals surface area contributed by atoms with Crippen LogP contribution in [0.1, 0.15) is 11.1 Å². The zero-order chi connectivity index (χ0) is 21.1. The van der Waals surface area contributed by atoms with Gasteiger partial charge in [-0.15, -0.1) is 0 Å². The highest BCUT2D eigenvalue weighted by molar-refractivity contribution is 8.00. The number of carbonyl (C=O) groups is 1. The summed E-state index contributed by atoms with van der Waals surface area (Å²) in [5, 5.41) is 8.90. The highest BCUT2D eigenvalue weighted by Gasteiger charge is 2.14. The van der Waals surface area contributed by atoms with E-state index < -0.39 is 0 Å². The van der Waals surface area contributed by atoms with Crippen molar-refractivity contribution < 1.29 is 9.53 Å². The minimum Gasteiger partial charge on any atom is -0.495 e. The first-order valence-corrected chi connectivity index (χ1v) is 10.4. The Hall–Kier alpha value is -3.39. The molecule has 2 aromatic heterocycles. The molecule has 7 nitrogen and oxygen atoms in total. The van der Waals surface area contributed by atoms with Crippen LogP contribution in [0.25, 0.3) is 16.7 Å². The molecule has 0 unspecified atom stereocenters. The van der Waals surface area contributed by atoms with E-state index in [2.05, 4.69) is 20.4 Å². The first kappa shape index (κ1) is 19.9. The van der Waals surface area contributed by atoms with E-state index in [0.29, 0.717) is 22.1 Å². The Morgan fingerprint density at radius 2 is 1.87 bits per heavy atom. The van der Waals surface area contributed by atoms with Crippen molar-refractivity contribution in [2.24, 2.45) is 0 Å².